The van der Waals surface area contributed by atoms with Gasteiger partial charge in [0.15, 0.2) is 0 Å². The number of carboxylic acids is 2. The molecule has 1 saturated heterocycles. The molecule has 292 valence electrons. The smallest absolute Gasteiger partial charge is 0.550 e. The summed E-state index contributed by atoms with van der Waals surface area (Å²) in [6.07, 6.45) is 14.0. The molecule has 0 unspecified atom stereocenters. The number of aliphatic carboxylic acids is 2. The van der Waals surface area contributed by atoms with Crippen LogP contribution in [0.15, 0.2) is 23.8 Å². The number of carbonyl (C=O) groups is 4. The van der Waals surface area contributed by atoms with Crippen molar-refractivity contribution in [3.63, 3.8) is 0 Å². The van der Waals surface area contributed by atoms with E-state index in [1.807, 2.05) is 20.8 Å². The van der Waals surface area contributed by atoms with Crippen LogP contribution in [0.1, 0.15) is 139 Å². The van der Waals surface area contributed by atoms with E-state index >= 15 is 0 Å². The van der Waals surface area contributed by atoms with Crippen LogP contribution in [0.3, 0.4) is 0 Å². The fraction of sp³-hybridized carbons (Fsp3) is 0.805. The zero-order valence-electron chi connectivity index (χ0n) is 33.5. The van der Waals surface area contributed by atoms with Crippen molar-refractivity contribution in [3.05, 3.63) is 23.8 Å². The van der Waals surface area contributed by atoms with E-state index < -0.39 is 34.3 Å². The molecule has 1 N–H and O–H groups in total. The Morgan fingerprint density at radius 1 is 0.885 bits per heavy atom. The zero-order chi connectivity index (χ0) is 38.6. The molecule has 0 saturated carbocycles. The molecule has 0 aromatic heterocycles. The summed E-state index contributed by atoms with van der Waals surface area (Å²) < 4.78 is 17.1. The summed E-state index contributed by atoms with van der Waals surface area (Å²) in [6, 6.07) is 0. The van der Waals surface area contributed by atoms with E-state index in [9.17, 15) is 34.5 Å². The minimum absolute atomic E-state index is 0. The van der Waals surface area contributed by atoms with Crippen molar-refractivity contribution >= 4 is 61.6 Å². The average Bonchev–Trinajstić information content (AvgIpc) is 3.03. The second-order valence-corrected chi connectivity index (χ2v) is 17.1. The van der Waals surface area contributed by atoms with Gasteiger partial charge in [-0.05, 0) is 88.5 Å². The first-order valence-corrected chi connectivity index (χ1v) is 19.2. The van der Waals surface area contributed by atoms with Gasteiger partial charge in [0.1, 0.15) is 12.2 Å². The van der Waals surface area contributed by atoms with Crippen LogP contribution in [0.25, 0.3) is 0 Å². The molecule has 0 spiro atoms. The number of rotatable bonds is 18. The van der Waals surface area contributed by atoms with Crippen LogP contribution >= 0.6 is 0 Å². The molecule has 0 bridgehead atoms. The number of esters is 2. The van der Waals surface area contributed by atoms with E-state index in [2.05, 4.69) is 32.1 Å². The Bertz CT molecular complexity index is 1190. The molecule has 0 radical (unpaired) electrons. The summed E-state index contributed by atoms with van der Waals surface area (Å²) in [4.78, 5) is 46.2. The van der Waals surface area contributed by atoms with Crippen molar-refractivity contribution in [1.29, 1.82) is 0 Å². The third-order valence-electron chi connectivity index (χ3n) is 11.1. The molecule has 52 heavy (non-hydrogen) atoms. The average molecular weight is 759 g/mol. The molecule has 2 aliphatic carbocycles. The molecule has 0 aromatic rings. The second kappa shape index (κ2) is 22.2. The zero-order valence-corrected chi connectivity index (χ0v) is 35.7. The van der Waals surface area contributed by atoms with Crippen LogP contribution in [0.4, 0.5) is 0 Å². The normalized spacial score (nSPS) is 26.1. The minimum Gasteiger partial charge on any atom is -0.550 e. The van der Waals surface area contributed by atoms with Gasteiger partial charge in [-0.25, -0.2) is 0 Å². The van der Waals surface area contributed by atoms with Gasteiger partial charge in [0.05, 0.1) is 17.9 Å². The summed E-state index contributed by atoms with van der Waals surface area (Å²) in [5.74, 6) is -1.25. The maximum absolute atomic E-state index is 12.9. The number of aliphatic hydroxyl groups excluding tert-OH is 1. The quantitative estimate of drug-likeness (QED) is 0.113. The Hall–Kier alpha value is -1.46. The topological polar surface area (TPSA) is 162 Å². The van der Waals surface area contributed by atoms with Gasteiger partial charge in [-0.1, -0.05) is 79.5 Å². The maximum Gasteiger partial charge on any atom is 2.00 e. The third kappa shape index (κ3) is 15.7. The SMILES string of the molecule is CC(C)(CCCCOCCCCC(C)(C)C(=O)[O-])C(=O)[O-].CCC(C)(C)C(=O)O[C@H]1C[C@@H](C)C=C2C=C[C@H](C)[C@H](CC[C@@H]3C[C@@H](O)CC(=O)O3)[C@H]21.[Ca+2]. The van der Waals surface area contributed by atoms with Gasteiger partial charge in [-0.15, -0.1) is 0 Å². The van der Waals surface area contributed by atoms with Crippen LogP contribution < -0.4 is 10.2 Å². The first kappa shape index (κ1) is 48.6. The van der Waals surface area contributed by atoms with E-state index in [0.29, 0.717) is 50.2 Å². The van der Waals surface area contributed by atoms with Crippen molar-refractivity contribution in [3.8, 4) is 0 Å². The van der Waals surface area contributed by atoms with Gasteiger partial charge in [0, 0.05) is 48.3 Å². The molecule has 11 heteroatoms. The minimum atomic E-state index is -1.01. The monoisotopic (exact) mass is 758 g/mol. The number of carbonyl (C=O) groups excluding carboxylic acids is 4. The predicted molar refractivity (Wildman–Crippen MR) is 197 cm³/mol. The number of fused-ring (bicyclic) bond motifs is 1. The van der Waals surface area contributed by atoms with Crippen molar-refractivity contribution in [1.82, 2.24) is 0 Å². The number of cyclic esters (lactones) is 1. The molecule has 3 aliphatic rings. The maximum atomic E-state index is 12.9. The molecule has 7 atom stereocenters. The molecule has 10 nitrogen and oxygen atoms in total. The molecule has 0 amide bonds. The van der Waals surface area contributed by atoms with Crippen LogP contribution in [-0.2, 0) is 33.4 Å². The third-order valence-corrected chi connectivity index (χ3v) is 11.1. The van der Waals surface area contributed by atoms with Gasteiger partial charge >= 0.3 is 49.7 Å². The van der Waals surface area contributed by atoms with Crippen molar-refractivity contribution in [2.24, 2.45) is 39.9 Å². The van der Waals surface area contributed by atoms with Crippen LogP contribution in [0, 0.1) is 39.9 Å². The Labute approximate surface area is 342 Å². The largest absolute Gasteiger partial charge is 2.00 e. The fourth-order valence-corrected chi connectivity index (χ4v) is 6.93. The first-order valence-electron chi connectivity index (χ1n) is 19.2. The first-order chi connectivity index (χ1) is 23.7. The predicted octanol–water partition coefficient (Wildman–Crippen LogP) is 5.10. The van der Waals surface area contributed by atoms with E-state index in [4.69, 9.17) is 14.2 Å². The van der Waals surface area contributed by atoms with Gasteiger partial charge in [0.25, 0.3) is 0 Å². The van der Waals surface area contributed by atoms with E-state index in [1.54, 1.807) is 27.7 Å². The molecule has 1 aliphatic heterocycles. The van der Waals surface area contributed by atoms with Crippen LogP contribution in [-0.4, -0.2) is 98.2 Å². The summed E-state index contributed by atoms with van der Waals surface area (Å²) in [7, 11) is 0. The Morgan fingerprint density at radius 3 is 1.94 bits per heavy atom. The molecular weight excluding hydrogens is 693 g/mol. The van der Waals surface area contributed by atoms with Crippen LogP contribution in [0.2, 0.25) is 0 Å². The van der Waals surface area contributed by atoms with E-state index in [0.717, 1.165) is 51.4 Å². The Balaban J connectivity index is 0.000000546. The van der Waals surface area contributed by atoms with Gasteiger partial charge in [0.2, 0.25) is 0 Å². The van der Waals surface area contributed by atoms with Gasteiger partial charge in [-0.3, -0.25) is 9.59 Å². The summed E-state index contributed by atoms with van der Waals surface area (Å²) in [6.45, 7) is 18.2. The second-order valence-electron chi connectivity index (χ2n) is 17.1. The Morgan fingerprint density at radius 2 is 1.44 bits per heavy atom. The van der Waals surface area contributed by atoms with E-state index in [-0.39, 0.29) is 74.2 Å². The van der Waals surface area contributed by atoms with Gasteiger partial charge in [-0.2, -0.15) is 0 Å². The van der Waals surface area contributed by atoms with Crippen LogP contribution in [0.5, 0.6) is 0 Å². The Kier molecular flexibility index (Phi) is 20.7. The summed E-state index contributed by atoms with van der Waals surface area (Å²) >= 11 is 0. The molecule has 3 rings (SSSR count). The number of aliphatic hydroxyl groups is 1. The summed E-state index contributed by atoms with van der Waals surface area (Å²) in [5.41, 5.74) is -0.778. The van der Waals surface area contributed by atoms with Crippen molar-refractivity contribution in [2.45, 2.75) is 158 Å². The van der Waals surface area contributed by atoms with Gasteiger partial charge < -0.3 is 39.1 Å². The number of ether oxygens (including phenoxy) is 3. The molecule has 1 heterocycles. The number of unbranched alkanes of at least 4 members (excludes halogenated alkanes) is 2. The number of allylic oxidation sites excluding steroid dienone is 3. The van der Waals surface area contributed by atoms with Crippen molar-refractivity contribution in [2.75, 3.05) is 13.2 Å². The van der Waals surface area contributed by atoms with E-state index in [1.165, 1.54) is 5.57 Å². The molecule has 1 fully saturated rings. The standard InChI is InChI=1S/C25H38O5.C16H30O5.Ca/c1-6-25(4,5)24(28)30-21-12-15(2)11-17-8-7-16(3)20(23(17)21)10-9-19-13-18(26)14-22(27)29-19;1-15(2,13(17)18)9-5-7-11-21-12-8-6-10-16(3,4)14(19)20;/h7-8,11,15-16,18-21,23,26H,6,9-10,12-14H2,1-5H3;5-12H2,1-4H3,(H,17,18)(H,19,20);/q;;+2/p-2/t15-,16-,18+,19+,20-,21-,23-;;/m0../s1. The molecular formula is C41H66CaO10. The van der Waals surface area contributed by atoms with Crippen molar-refractivity contribution < 1.29 is 48.7 Å². The summed E-state index contributed by atoms with van der Waals surface area (Å²) in [5, 5.41) is 31.5. The number of hydrogen-bond acceptors (Lipinski definition) is 10. The number of hydrogen-bond donors (Lipinski definition) is 1. The molecule has 0 aromatic carbocycles. The number of carboxylic acid groups (broad SMARTS) is 2. The fourth-order valence-electron chi connectivity index (χ4n) is 6.93.